The zero-order chi connectivity index (χ0) is 15.1. The highest BCUT2D eigenvalue weighted by Gasteiger charge is 2.18. The average Bonchev–Trinajstić information content (AvgIpc) is 2.47. The second-order valence-electron chi connectivity index (χ2n) is 5.63. The quantitative estimate of drug-likeness (QED) is 0.804. The fraction of sp³-hybridized carbons (Fsp3) is 0.471. The maximum atomic E-state index is 11.7. The lowest BCUT2D eigenvalue weighted by Gasteiger charge is -2.34. The van der Waals surface area contributed by atoms with Crippen LogP contribution in [-0.2, 0) is 11.3 Å². The summed E-state index contributed by atoms with van der Waals surface area (Å²) in [5.74, 6) is 0.0852. The summed E-state index contributed by atoms with van der Waals surface area (Å²) >= 11 is 0. The molecule has 1 amide bonds. The number of amides is 1. The van der Waals surface area contributed by atoms with Crippen LogP contribution in [0.3, 0.4) is 0 Å². The maximum absolute atomic E-state index is 11.7. The lowest BCUT2D eigenvalue weighted by molar-refractivity contribution is -0.122. The van der Waals surface area contributed by atoms with Gasteiger partial charge in [0.05, 0.1) is 6.54 Å². The normalized spacial score (nSPS) is 16.6. The van der Waals surface area contributed by atoms with Crippen LogP contribution in [0.5, 0.6) is 0 Å². The van der Waals surface area contributed by atoms with Crippen LogP contribution < -0.4 is 5.32 Å². The van der Waals surface area contributed by atoms with Gasteiger partial charge in [-0.3, -0.25) is 14.6 Å². The van der Waals surface area contributed by atoms with E-state index in [2.05, 4.69) is 52.9 Å². The summed E-state index contributed by atoms with van der Waals surface area (Å²) in [6.07, 6.45) is 1.71. The summed E-state index contributed by atoms with van der Waals surface area (Å²) in [5, 5.41) is 2.82. The molecule has 0 spiro atoms. The van der Waals surface area contributed by atoms with Crippen molar-refractivity contribution in [1.82, 2.24) is 15.1 Å². The maximum Gasteiger partial charge on any atom is 0.234 e. The van der Waals surface area contributed by atoms with Gasteiger partial charge in [-0.15, -0.1) is 6.58 Å². The summed E-state index contributed by atoms with van der Waals surface area (Å²) < 4.78 is 0. The molecule has 4 nitrogen and oxygen atoms in total. The molecule has 0 unspecified atom stereocenters. The number of nitrogens with one attached hydrogen (secondary N) is 1. The molecule has 0 aliphatic carbocycles. The minimum absolute atomic E-state index is 0.0852. The van der Waals surface area contributed by atoms with Crippen molar-refractivity contribution < 1.29 is 4.79 Å². The van der Waals surface area contributed by atoms with E-state index in [4.69, 9.17) is 0 Å². The minimum Gasteiger partial charge on any atom is -0.352 e. The second-order valence-corrected chi connectivity index (χ2v) is 5.63. The van der Waals surface area contributed by atoms with E-state index in [9.17, 15) is 4.79 Å². The van der Waals surface area contributed by atoms with Crippen LogP contribution in [0, 0.1) is 6.92 Å². The van der Waals surface area contributed by atoms with Gasteiger partial charge < -0.3 is 5.32 Å². The molecule has 1 aromatic rings. The summed E-state index contributed by atoms with van der Waals surface area (Å²) in [6.45, 7) is 11.7. The molecule has 4 heteroatoms. The fourth-order valence-electron chi connectivity index (χ4n) is 2.62. The third-order valence-corrected chi connectivity index (χ3v) is 3.76. The number of carbonyl (C=O) groups is 1. The number of nitrogens with zero attached hydrogens (tertiary/aromatic N) is 2. The lowest BCUT2D eigenvalue weighted by Crippen LogP contribution is -2.49. The Morgan fingerprint density at radius 3 is 2.67 bits per heavy atom. The number of benzene rings is 1. The molecule has 0 radical (unpaired) electrons. The van der Waals surface area contributed by atoms with E-state index >= 15 is 0 Å². The average molecular weight is 287 g/mol. The summed E-state index contributed by atoms with van der Waals surface area (Å²) in [6, 6.07) is 8.67. The van der Waals surface area contributed by atoms with Gasteiger partial charge in [-0.25, -0.2) is 0 Å². The van der Waals surface area contributed by atoms with Crippen molar-refractivity contribution in [2.75, 3.05) is 39.3 Å². The molecule has 0 bridgehead atoms. The lowest BCUT2D eigenvalue weighted by atomic mass is 10.1. The molecule has 1 aromatic carbocycles. The van der Waals surface area contributed by atoms with Gasteiger partial charge >= 0.3 is 0 Å². The molecule has 1 saturated heterocycles. The number of piperazine rings is 1. The predicted molar refractivity (Wildman–Crippen MR) is 86.1 cm³/mol. The highest BCUT2D eigenvalue weighted by atomic mass is 16.2. The number of hydrogen-bond acceptors (Lipinski definition) is 3. The Balaban J connectivity index is 1.73. The first-order valence-corrected chi connectivity index (χ1v) is 7.55. The fourth-order valence-corrected chi connectivity index (χ4v) is 2.62. The minimum atomic E-state index is 0.0852. The molecule has 0 atom stereocenters. The van der Waals surface area contributed by atoms with Gasteiger partial charge in [0.2, 0.25) is 5.91 Å². The smallest absolute Gasteiger partial charge is 0.234 e. The molecule has 21 heavy (non-hydrogen) atoms. The van der Waals surface area contributed by atoms with Crippen LogP contribution >= 0.6 is 0 Å². The van der Waals surface area contributed by atoms with Crippen molar-refractivity contribution in [3.63, 3.8) is 0 Å². The number of carbonyl (C=O) groups excluding carboxylic acids is 1. The molecule has 1 aliphatic rings. The van der Waals surface area contributed by atoms with Crippen LogP contribution in [0.2, 0.25) is 0 Å². The van der Waals surface area contributed by atoms with Gasteiger partial charge in [-0.05, 0) is 12.5 Å². The van der Waals surface area contributed by atoms with Crippen LogP contribution in [0.4, 0.5) is 0 Å². The molecule has 1 N–H and O–H groups in total. The highest BCUT2D eigenvalue weighted by Crippen LogP contribution is 2.10. The van der Waals surface area contributed by atoms with Crippen LogP contribution in [0.1, 0.15) is 11.1 Å². The topological polar surface area (TPSA) is 35.6 Å². The van der Waals surface area contributed by atoms with Crippen LogP contribution in [-0.4, -0.2) is 55.0 Å². The Morgan fingerprint density at radius 2 is 2.00 bits per heavy atom. The Bertz CT molecular complexity index is 479. The van der Waals surface area contributed by atoms with Gasteiger partial charge in [-0.1, -0.05) is 35.9 Å². The van der Waals surface area contributed by atoms with E-state index < -0.39 is 0 Å². The van der Waals surface area contributed by atoms with Crippen molar-refractivity contribution in [1.29, 1.82) is 0 Å². The third kappa shape index (κ3) is 5.33. The van der Waals surface area contributed by atoms with Gasteiger partial charge in [0.15, 0.2) is 0 Å². The molecule has 1 aliphatic heterocycles. The number of aryl methyl sites for hydroxylation is 1. The van der Waals surface area contributed by atoms with Crippen molar-refractivity contribution >= 4 is 5.91 Å². The van der Waals surface area contributed by atoms with Crippen molar-refractivity contribution in [3.05, 3.63) is 48.0 Å². The van der Waals surface area contributed by atoms with Gasteiger partial charge in [0.25, 0.3) is 0 Å². The largest absolute Gasteiger partial charge is 0.352 e. The van der Waals surface area contributed by atoms with E-state index in [0.717, 1.165) is 32.7 Å². The monoisotopic (exact) mass is 287 g/mol. The molecule has 0 saturated carbocycles. The molecule has 1 fully saturated rings. The van der Waals surface area contributed by atoms with Gasteiger partial charge in [-0.2, -0.15) is 0 Å². The Kier molecular flexibility index (Phi) is 5.96. The first-order chi connectivity index (χ1) is 10.2. The van der Waals surface area contributed by atoms with E-state index in [1.807, 2.05) is 0 Å². The van der Waals surface area contributed by atoms with Crippen LogP contribution in [0.15, 0.2) is 36.9 Å². The zero-order valence-corrected chi connectivity index (χ0v) is 12.8. The SMILES string of the molecule is C=CCNC(=O)CN1CCN(Cc2cccc(C)c2)CC1. The van der Waals surface area contributed by atoms with Crippen molar-refractivity contribution in [2.24, 2.45) is 0 Å². The number of rotatable bonds is 6. The third-order valence-electron chi connectivity index (χ3n) is 3.76. The first kappa shape index (κ1) is 15.7. The number of hydrogen-bond donors (Lipinski definition) is 1. The summed E-state index contributed by atoms with van der Waals surface area (Å²) in [4.78, 5) is 16.3. The van der Waals surface area contributed by atoms with Crippen molar-refractivity contribution in [2.45, 2.75) is 13.5 Å². The zero-order valence-electron chi connectivity index (χ0n) is 12.8. The van der Waals surface area contributed by atoms with Gasteiger partial charge in [0, 0.05) is 39.3 Å². The molecule has 1 heterocycles. The molecule has 114 valence electrons. The predicted octanol–water partition coefficient (Wildman–Crippen LogP) is 1.41. The molecule has 0 aromatic heterocycles. The summed E-state index contributed by atoms with van der Waals surface area (Å²) in [7, 11) is 0. The summed E-state index contributed by atoms with van der Waals surface area (Å²) in [5.41, 5.74) is 2.68. The molecule has 2 rings (SSSR count). The molecular weight excluding hydrogens is 262 g/mol. The Labute approximate surface area is 127 Å². The Morgan fingerprint density at radius 1 is 1.29 bits per heavy atom. The van der Waals surface area contributed by atoms with E-state index in [-0.39, 0.29) is 5.91 Å². The highest BCUT2D eigenvalue weighted by molar-refractivity contribution is 5.78. The van der Waals surface area contributed by atoms with Gasteiger partial charge in [0.1, 0.15) is 0 Å². The van der Waals surface area contributed by atoms with Crippen molar-refractivity contribution in [3.8, 4) is 0 Å². The first-order valence-electron chi connectivity index (χ1n) is 7.55. The Hall–Kier alpha value is -1.65. The van der Waals surface area contributed by atoms with E-state index in [0.29, 0.717) is 13.1 Å². The molecular formula is C17H25N3O. The van der Waals surface area contributed by atoms with Crippen LogP contribution in [0.25, 0.3) is 0 Å². The van der Waals surface area contributed by atoms with E-state index in [1.165, 1.54) is 11.1 Å². The second kappa shape index (κ2) is 7.96. The standard InChI is InChI=1S/C17H25N3O/c1-3-7-18-17(21)14-20-10-8-19(9-11-20)13-16-6-4-5-15(2)12-16/h3-6,12H,1,7-11,13-14H2,2H3,(H,18,21). The van der Waals surface area contributed by atoms with E-state index in [1.54, 1.807) is 6.08 Å².